The zero-order chi connectivity index (χ0) is 17.1. The third-order valence-electron chi connectivity index (χ3n) is 9.08. The molecule has 0 amide bonds. The highest BCUT2D eigenvalue weighted by molar-refractivity contribution is 9.09. The van der Waals surface area contributed by atoms with Crippen LogP contribution in [-0.4, -0.2) is 16.5 Å². The van der Waals surface area contributed by atoms with E-state index < -0.39 is 0 Å². The molecule has 0 saturated heterocycles. The number of allylic oxidation sites excluding steroid dienone is 1. The summed E-state index contributed by atoms with van der Waals surface area (Å²) in [5.41, 5.74) is 2.57. The zero-order valence-corrected chi connectivity index (χ0v) is 17.3. The summed E-state index contributed by atoms with van der Waals surface area (Å²) in [7, 11) is 0. The SMILES string of the molecule is C[C@H](CBr)[C@H]1CCC2C3CC=C4C[C@@H](O)CC[C@]4(C)C3CC[C@@]21C. The van der Waals surface area contributed by atoms with E-state index in [9.17, 15) is 5.11 Å². The van der Waals surface area contributed by atoms with Gasteiger partial charge in [-0.25, -0.2) is 0 Å². The Hall–Kier alpha value is 0.180. The van der Waals surface area contributed by atoms with Gasteiger partial charge in [-0.1, -0.05) is 48.4 Å². The van der Waals surface area contributed by atoms with Gasteiger partial charge in [0, 0.05) is 5.33 Å². The van der Waals surface area contributed by atoms with Crippen LogP contribution in [0.5, 0.6) is 0 Å². The van der Waals surface area contributed by atoms with Crippen molar-refractivity contribution in [3.8, 4) is 0 Å². The van der Waals surface area contributed by atoms with E-state index in [1.807, 2.05) is 0 Å². The van der Waals surface area contributed by atoms with Crippen molar-refractivity contribution >= 4 is 15.9 Å². The van der Waals surface area contributed by atoms with Crippen molar-refractivity contribution in [2.75, 3.05) is 5.33 Å². The van der Waals surface area contributed by atoms with Crippen molar-refractivity contribution in [3.63, 3.8) is 0 Å². The Morgan fingerprint density at radius 3 is 2.71 bits per heavy atom. The second-order valence-electron chi connectivity index (χ2n) is 10.0. The van der Waals surface area contributed by atoms with Gasteiger partial charge >= 0.3 is 0 Å². The molecule has 0 aromatic rings. The van der Waals surface area contributed by atoms with Crippen LogP contribution < -0.4 is 0 Å². The molecule has 4 aliphatic rings. The number of hydrogen-bond donors (Lipinski definition) is 1. The molecule has 24 heavy (non-hydrogen) atoms. The summed E-state index contributed by atoms with van der Waals surface area (Å²) in [6.45, 7) is 7.64. The molecular weight excluding hydrogens is 360 g/mol. The second kappa shape index (κ2) is 6.12. The van der Waals surface area contributed by atoms with Gasteiger partial charge in [-0.05, 0) is 91.8 Å². The van der Waals surface area contributed by atoms with Gasteiger partial charge < -0.3 is 5.11 Å². The van der Waals surface area contributed by atoms with Crippen molar-refractivity contribution in [1.29, 1.82) is 0 Å². The smallest absolute Gasteiger partial charge is 0.0577 e. The lowest BCUT2D eigenvalue weighted by Gasteiger charge is -2.58. The molecule has 8 atom stereocenters. The fourth-order valence-electron chi connectivity index (χ4n) is 7.72. The minimum atomic E-state index is -0.0784. The predicted octanol–water partition coefficient (Wildman–Crippen LogP) is 5.96. The molecule has 4 rings (SSSR count). The highest BCUT2D eigenvalue weighted by Gasteiger charge is 2.58. The first-order chi connectivity index (χ1) is 11.4. The van der Waals surface area contributed by atoms with Crippen molar-refractivity contribution in [3.05, 3.63) is 11.6 Å². The van der Waals surface area contributed by atoms with Gasteiger partial charge in [0.15, 0.2) is 0 Å². The van der Waals surface area contributed by atoms with Gasteiger partial charge in [-0.3, -0.25) is 0 Å². The Kier molecular flexibility index (Phi) is 4.48. The summed E-state index contributed by atoms with van der Waals surface area (Å²) in [5, 5.41) is 11.3. The summed E-state index contributed by atoms with van der Waals surface area (Å²) < 4.78 is 0. The van der Waals surface area contributed by atoms with Crippen LogP contribution in [-0.2, 0) is 0 Å². The molecule has 0 heterocycles. The molecule has 0 aliphatic heterocycles. The monoisotopic (exact) mass is 394 g/mol. The van der Waals surface area contributed by atoms with Crippen LogP contribution in [0.4, 0.5) is 0 Å². The van der Waals surface area contributed by atoms with Gasteiger partial charge in [-0.15, -0.1) is 0 Å². The molecule has 3 unspecified atom stereocenters. The van der Waals surface area contributed by atoms with Crippen molar-refractivity contribution in [2.45, 2.75) is 78.2 Å². The van der Waals surface area contributed by atoms with E-state index in [1.165, 1.54) is 38.5 Å². The van der Waals surface area contributed by atoms with Crippen LogP contribution >= 0.6 is 15.9 Å². The highest BCUT2D eigenvalue weighted by Crippen LogP contribution is 2.67. The average Bonchev–Trinajstić information content (AvgIpc) is 2.92. The molecule has 0 aromatic heterocycles. The third-order valence-corrected chi connectivity index (χ3v) is 10.1. The van der Waals surface area contributed by atoms with Crippen LogP contribution in [0.1, 0.15) is 72.1 Å². The first-order valence-corrected chi connectivity index (χ1v) is 11.5. The first kappa shape index (κ1) is 17.6. The number of rotatable bonds is 2. The van der Waals surface area contributed by atoms with Gasteiger partial charge in [-0.2, -0.15) is 0 Å². The lowest BCUT2D eigenvalue weighted by molar-refractivity contribution is -0.0552. The molecule has 0 aromatic carbocycles. The van der Waals surface area contributed by atoms with Crippen LogP contribution in [0.3, 0.4) is 0 Å². The van der Waals surface area contributed by atoms with E-state index in [2.05, 4.69) is 42.8 Å². The predicted molar refractivity (Wildman–Crippen MR) is 104 cm³/mol. The summed E-state index contributed by atoms with van der Waals surface area (Å²) in [5.74, 6) is 4.44. The van der Waals surface area contributed by atoms with Gasteiger partial charge in [0.05, 0.1) is 6.10 Å². The van der Waals surface area contributed by atoms with Crippen LogP contribution in [0.15, 0.2) is 11.6 Å². The van der Waals surface area contributed by atoms with E-state index >= 15 is 0 Å². The Bertz CT molecular complexity index is 528. The van der Waals surface area contributed by atoms with Crippen LogP contribution in [0.25, 0.3) is 0 Å². The highest BCUT2D eigenvalue weighted by atomic mass is 79.9. The Morgan fingerprint density at radius 1 is 1.17 bits per heavy atom. The summed E-state index contributed by atoms with van der Waals surface area (Å²) in [6.07, 6.45) is 12.7. The molecule has 136 valence electrons. The average molecular weight is 395 g/mol. The fourth-order valence-corrected chi connectivity index (χ4v) is 8.18. The fraction of sp³-hybridized carbons (Fsp3) is 0.909. The minimum absolute atomic E-state index is 0.0784. The number of aliphatic hydroxyl groups is 1. The Morgan fingerprint density at radius 2 is 1.96 bits per heavy atom. The molecule has 1 nitrogen and oxygen atoms in total. The first-order valence-electron chi connectivity index (χ1n) is 10.3. The third kappa shape index (κ3) is 2.42. The lowest BCUT2D eigenvalue weighted by Crippen LogP contribution is -2.50. The number of hydrogen-bond acceptors (Lipinski definition) is 1. The molecule has 2 heteroatoms. The molecule has 3 saturated carbocycles. The summed E-state index contributed by atoms with van der Waals surface area (Å²) in [6, 6.07) is 0. The molecule has 3 fully saturated rings. The van der Waals surface area contributed by atoms with Crippen LogP contribution in [0.2, 0.25) is 0 Å². The maximum atomic E-state index is 10.1. The van der Waals surface area contributed by atoms with Crippen molar-refractivity contribution in [1.82, 2.24) is 0 Å². The topological polar surface area (TPSA) is 20.2 Å². The maximum Gasteiger partial charge on any atom is 0.0577 e. The van der Waals surface area contributed by atoms with Gasteiger partial charge in [0.1, 0.15) is 0 Å². The molecule has 0 radical (unpaired) electrons. The normalized spacial score (nSPS) is 52.0. The van der Waals surface area contributed by atoms with Crippen LogP contribution in [0, 0.1) is 40.4 Å². The molecule has 0 bridgehead atoms. The number of alkyl halides is 1. The van der Waals surface area contributed by atoms with Crippen molar-refractivity contribution < 1.29 is 5.11 Å². The van der Waals surface area contributed by atoms with E-state index in [4.69, 9.17) is 0 Å². The molecule has 4 aliphatic carbocycles. The lowest BCUT2D eigenvalue weighted by atomic mass is 9.47. The zero-order valence-electron chi connectivity index (χ0n) is 15.7. The Labute approximate surface area is 156 Å². The second-order valence-corrected chi connectivity index (χ2v) is 10.7. The summed E-state index contributed by atoms with van der Waals surface area (Å²) >= 11 is 3.76. The van der Waals surface area contributed by atoms with Gasteiger partial charge in [0.25, 0.3) is 0 Å². The minimum Gasteiger partial charge on any atom is -0.393 e. The van der Waals surface area contributed by atoms with Crippen molar-refractivity contribution in [2.24, 2.45) is 40.4 Å². The molecular formula is C22H35BrO. The number of fused-ring (bicyclic) bond motifs is 5. The number of aliphatic hydroxyl groups excluding tert-OH is 1. The largest absolute Gasteiger partial charge is 0.393 e. The van der Waals surface area contributed by atoms with E-state index in [0.717, 1.165) is 47.8 Å². The maximum absolute atomic E-state index is 10.1. The molecule has 1 N–H and O–H groups in total. The summed E-state index contributed by atoms with van der Waals surface area (Å²) in [4.78, 5) is 0. The van der Waals surface area contributed by atoms with E-state index in [0.29, 0.717) is 10.8 Å². The standard InChI is InChI=1S/C22H35BrO/c1-14(13-23)18-6-7-19-17-5-4-15-12-16(24)8-10-21(15,2)20(17)9-11-22(18,19)3/h4,14,16-20,24H,5-13H2,1-3H3/t14-,16+,17?,18-,19?,20?,21+,22-/m1/s1. The molecule has 0 spiro atoms. The Balaban J connectivity index is 1.63. The van der Waals surface area contributed by atoms with Gasteiger partial charge in [0.2, 0.25) is 0 Å². The van der Waals surface area contributed by atoms with E-state index in [1.54, 1.807) is 5.57 Å². The number of halogens is 1. The van der Waals surface area contributed by atoms with E-state index in [-0.39, 0.29) is 6.10 Å². The quantitative estimate of drug-likeness (QED) is 0.452.